The van der Waals surface area contributed by atoms with E-state index < -0.39 is 0 Å². The van der Waals surface area contributed by atoms with Crippen molar-refractivity contribution in [1.82, 2.24) is 25.0 Å². The largest absolute Gasteiger partial charge is 0.424 e. The topological polar surface area (TPSA) is 95.7 Å². The third kappa shape index (κ3) is 3.21. The van der Waals surface area contributed by atoms with Gasteiger partial charge in [0.05, 0.1) is 12.2 Å². The summed E-state index contributed by atoms with van der Waals surface area (Å²) >= 11 is 1.52. The average Bonchev–Trinajstić information content (AvgIpc) is 3.19. The van der Waals surface area contributed by atoms with Gasteiger partial charge in [-0.15, -0.1) is 20.4 Å². The van der Waals surface area contributed by atoms with Crippen molar-refractivity contribution in [3.63, 3.8) is 0 Å². The van der Waals surface area contributed by atoms with E-state index in [-0.39, 0.29) is 0 Å². The predicted octanol–water partition coefficient (Wildman–Crippen LogP) is 2.46. The highest BCUT2D eigenvalue weighted by Crippen LogP contribution is 2.39. The minimum atomic E-state index is 0.448. The molecule has 2 heterocycles. The van der Waals surface area contributed by atoms with E-state index in [1.165, 1.54) is 11.8 Å². The molecule has 0 radical (unpaired) electrons. The molecule has 3 aromatic rings. The molecule has 0 spiro atoms. The third-order valence-electron chi connectivity index (χ3n) is 3.63. The molecule has 2 N–H and O–H groups in total. The van der Waals surface area contributed by atoms with Gasteiger partial charge < -0.3 is 10.2 Å². The summed E-state index contributed by atoms with van der Waals surface area (Å²) < 4.78 is 7.69. The first-order chi connectivity index (χ1) is 11.3. The lowest BCUT2D eigenvalue weighted by atomic mass is 10.2. The zero-order valence-electron chi connectivity index (χ0n) is 12.4. The van der Waals surface area contributed by atoms with Crippen molar-refractivity contribution in [2.45, 2.75) is 36.2 Å². The molecule has 1 saturated carbocycles. The number of hydrogen-bond acceptors (Lipinski definition) is 7. The van der Waals surface area contributed by atoms with Gasteiger partial charge in [0.15, 0.2) is 5.16 Å². The van der Waals surface area contributed by atoms with Crippen LogP contribution in [0.5, 0.6) is 0 Å². The minimum absolute atomic E-state index is 0.448. The highest BCUT2D eigenvalue weighted by atomic mass is 32.2. The summed E-state index contributed by atoms with van der Waals surface area (Å²) in [6.45, 7) is 0. The monoisotopic (exact) mass is 328 g/mol. The van der Waals surface area contributed by atoms with Gasteiger partial charge in [0.25, 0.3) is 0 Å². The van der Waals surface area contributed by atoms with Gasteiger partial charge in [0.1, 0.15) is 0 Å². The van der Waals surface area contributed by atoms with Crippen LogP contribution in [0.1, 0.15) is 36.2 Å². The van der Waals surface area contributed by atoms with Crippen LogP contribution in [0.4, 0.5) is 5.95 Å². The lowest BCUT2D eigenvalue weighted by Crippen LogP contribution is -2.02. The smallest absolute Gasteiger partial charge is 0.226 e. The lowest BCUT2D eigenvalue weighted by Gasteiger charge is -2.04. The van der Waals surface area contributed by atoms with Gasteiger partial charge in [-0.3, -0.25) is 4.57 Å². The lowest BCUT2D eigenvalue weighted by molar-refractivity contribution is 0.473. The minimum Gasteiger partial charge on any atom is -0.424 e. The second kappa shape index (κ2) is 6.04. The number of benzene rings is 1. The zero-order valence-corrected chi connectivity index (χ0v) is 13.2. The van der Waals surface area contributed by atoms with Crippen molar-refractivity contribution in [2.75, 3.05) is 5.73 Å². The Morgan fingerprint density at radius 3 is 2.65 bits per heavy atom. The Morgan fingerprint density at radius 1 is 1.09 bits per heavy atom. The van der Waals surface area contributed by atoms with Gasteiger partial charge in [-0.05, 0) is 18.4 Å². The van der Waals surface area contributed by atoms with Crippen LogP contribution in [0, 0.1) is 0 Å². The Balaban J connectivity index is 1.40. The maximum Gasteiger partial charge on any atom is 0.226 e. The van der Waals surface area contributed by atoms with Crippen LogP contribution in [0.15, 0.2) is 39.9 Å². The normalized spacial score (nSPS) is 14.3. The Hall–Kier alpha value is -2.35. The number of nitrogens with zero attached hydrogens (tertiary/aromatic N) is 5. The van der Waals surface area contributed by atoms with E-state index in [9.17, 15) is 0 Å². The summed E-state index contributed by atoms with van der Waals surface area (Å²) in [7, 11) is 0. The second-order valence-electron chi connectivity index (χ2n) is 5.48. The standard InChI is InChI=1S/C15H16N6OS/c16-14-19-20-15(21(14)11-6-7-11)23-9-13-18-17-12(22-13)8-10-4-2-1-3-5-10/h1-5,11H,6-9H2,(H2,16,19). The van der Waals surface area contributed by atoms with Crippen LogP contribution >= 0.6 is 11.8 Å². The first-order valence-corrected chi connectivity index (χ1v) is 8.46. The highest BCUT2D eigenvalue weighted by Gasteiger charge is 2.29. The first kappa shape index (κ1) is 14.3. The maximum atomic E-state index is 5.87. The van der Waals surface area contributed by atoms with E-state index >= 15 is 0 Å². The van der Waals surface area contributed by atoms with Crippen molar-refractivity contribution in [3.05, 3.63) is 47.7 Å². The van der Waals surface area contributed by atoms with Crippen LogP contribution in [0.25, 0.3) is 0 Å². The summed E-state index contributed by atoms with van der Waals surface area (Å²) in [5, 5.41) is 17.1. The molecule has 1 fully saturated rings. The summed E-state index contributed by atoms with van der Waals surface area (Å²) in [5.41, 5.74) is 7.02. The molecule has 4 rings (SSSR count). The molecule has 2 aromatic heterocycles. The highest BCUT2D eigenvalue weighted by molar-refractivity contribution is 7.98. The SMILES string of the molecule is Nc1nnc(SCc2nnc(Cc3ccccc3)o2)n1C1CC1. The van der Waals surface area contributed by atoms with Crippen LogP contribution in [0.3, 0.4) is 0 Å². The number of aromatic nitrogens is 5. The molecule has 0 unspecified atom stereocenters. The first-order valence-electron chi connectivity index (χ1n) is 7.48. The molecule has 1 aliphatic rings. The fraction of sp³-hybridized carbons (Fsp3) is 0.333. The number of nitrogen functional groups attached to an aromatic ring is 1. The number of hydrogen-bond donors (Lipinski definition) is 1. The van der Waals surface area contributed by atoms with Crippen molar-refractivity contribution in [2.24, 2.45) is 0 Å². The second-order valence-corrected chi connectivity index (χ2v) is 6.43. The summed E-state index contributed by atoms with van der Waals surface area (Å²) in [6, 6.07) is 10.5. The van der Waals surface area contributed by atoms with E-state index in [1.807, 2.05) is 34.9 Å². The predicted molar refractivity (Wildman–Crippen MR) is 85.8 cm³/mol. The van der Waals surface area contributed by atoms with E-state index in [4.69, 9.17) is 10.2 Å². The maximum absolute atomic E-state index is 5.87. The average molecular weight is 328 g/mol. The van der Waals surface area contributed by atoms with E-state index in [2.05, 4.69) is 20.4 Å². The van der Waals surface area contributed by atoms with Crippen LogP contribution in [-0.4, -0.2) is 25.0 Å². The van der Waals surface area contributed by atoms with Gasteiger partial charge in [0.2, 0.25) is 17.7 Å². The number of anilines is 1. The summed E-state index contributed by atoms with van der Waals surface area (Å²) in [5.74, 6) is 2.25. The van der Waals surface area contributed by atoms with Crippen LogP contribution in [-0.2, 0) is 12.2 Å². The Morgan fingerprint density at radius 2 is 1.87 bits per heavy atom. The summed E-state index contributed by atoms with van der Waals surface area (Å²) in [6.07, 6.45) is 2.92. The van der Waals surface area contributed by atoms with Crippen LogP contribution in [0.2, 0.25) is 0 Å². The summed E-state index contributed by atoms with van der Waals surface area (Å²) in [4.78, 5) is 0. The molecule has 1 aliphatic carbocycles. The van der Waals surface area contributed by atoms with Crippen LogP contribution < -0.4 is 5.73 Å². The molecule has 0 aliphatic heterocycles. The van der Waals surface area contributed by atoms with Gasteiger partial charge in [-0.2, -0.15) is 0 Å². The molecule has 8 heteroatoms. The fourth-order valence-corrected chi connectivity index (χ4v) is 3.23. The van der Waals surface area contributed by atoms with Crippen molar-refractivity contribution < 1.29 is 4.42 Å². The Bertz CT molecular complexity index is 795. The fourth-order valence-electron chi connectivity index (χ4n) is 2.38. The van der Waals surface area contributed by atoms with E-state index in [1.54, 1.807) is 0 Å². The molecule has 0 atom stereocenters. The van der Waals surface area contributed by atoms with Crippen molar-refractivity contribution in [3.8, 4) is 0 Å². The molecule has 7 nitrogen and oxygen atoms in total. The van der Waals surface area contributed by atoms with Crippen molar-refractivity contribution >= 4 is 17.7 Å². The number of nitrogens with two attached hydrogens (primary N) is 1. The molecule has 118 valence electrons. The van der Waals surface area contributed by atoms with Crippen molar-refractivity contribution in [1.29, 1.82) is 0 Å². The van der Waals surface area contributed by atoms with Gasteiger partial charge >= 0.3 is 0 Å². The Labute approximate surface area is 137 Å². The number of thioether (sulfide) groups is 1. The molecule has 0 saturated heterocycles. The molecule has 0 bridgehead atoms. The number of rotatable bonds is 6. The van der Waals surface area contributed by atoms with Gasteiger partial charge in [-0.25, -0.2) is 0 Å². The molecular formula is C15H16N6OS. The van der Waals surface area contributed by atoms with Gasteiger partial charge in [0, 0.05) is 6.04 Å². The van der Waals surface area contributed by atoms with E-state index in [0.717, 1.165) is 23.6 Å². The van der Waals surface area contributed by atoms with E-state index in [0.29, 0.717) is 35.9 Å². The molecule has 1 aromatic carbocycles. The molecule has 0 amide bonds. The molecular weight excluding hydrogens is 312 g/mol. The van der Waals surface area contributed by atoms with Gasteiger partial charge in [-0.1, -0.05) is 42.1 Å². The Kier molecular flexibility index (Phi) is 3.74. The zero-order chi connectivity index (χ0) is 15.6. The third-order valence-corrected chi connectivity index (χ3v) is 4.56. The molecule has 23 heavy (non-hydrogen) atoms. The quantitative estimate of drug-likeness (QED) is 0.694.